The van der Waals surface area contributed by atoms with Gasteiger partial charge in [0.05, 0.1) is 22.0 Å². The van der Waals surface area contributed by atoms with Crippen LogP contribution in [-0.4, -0.2) is 23.2 Å². The maximum Gasteiger partial charge on any atom is 0.328 e. The van der Waals surface area contributed by atoms with Crippen molar-refractivity contribution in [3.63, 3.8) is 0 Å². The largest absolute Gasteiger partial charge is 0.493 e. The van der Waals surface area contributed by atoms with E-state index in [1.165, 1.54) is 24.5 Å². The maximum atomic E-state index is 10.6. The lowest BCUT2D eigenvalue weighted by molar-refractivity contribution is -0.131. The zero-order valence-electron chi connectivity index (χ0n) is 11.1. The number of halogens is 1. The number of ether oxygens (including phenoxy) is 2. The summed E-state index contributed by atoms with van der Waals surface area (Å²) in [6, 6.07) is 3.48. The Hall–Kier alpha value is -1.86. The van der Waals surface area contributed by atoms with Crippen molar-refractivity contribution in [2.75, 3.05) is 7.11 Å². The van der Waals surface area contributed by atoms with Crippen molar-refractivity contribution in [2.45, 2.75) is 6.61 Å². The Bertz CT molecular complexity index is 655. The van der Waals surface area contributed by atoms with E-state index in [0.717, 1.165) is 11.0 Å². The van der Waals surface area contributed by atoms with Gasteiger partial charge >= 0.3 is 5.97 Å². The number of benzene rings is 1. The van der Waals surface area contributed by atoms with Crippen LogP contribution in [0.1, 0.15) is 10.4 Å². The molecule has 7 heteroatoms. The molecule has 2 rings (SSSR count). The number of rotatable bonds is 6. The topological polar surface area (TPSA) is 68.7 Å². The van der Waals surface area contributed by atoms with Gasteiger partial charge in [-0.2, -0.15) is 0 Å². The van der Waals surface area contributed by atoms with Crippen LogP contribution in [0.4, 0.5) is 0 Å². The molecule has 1 N–H and O–H groups in total. The summed E-state index contributed by atoms with van der Waals surface area (Å²) in [4.78, 5) is 15.5. The Morgan fingerprint density at radius 2 is 2.33 bits per heavy atom. The van der Waals surface area contributed by atoms with Crippen LogP contribution in [0.2, 0.25) is 0 Å². The molecular weight excluding hydrogens is 358 g/mol. The van der Waals surface area contributed by atoms with Crippen molar-refractivity contribution < 1.29 is 19.4 Å². The second kappa shape index (κ2) is 7.24. The number of hydrogen-bond acceptors (Lipinski definition) is 5. The molecule has 1 heterocycles. The van der Waals surface area contributed by atoms with Gasteiger partial charge in [-0.15, -0.1) is 11.3 Å². The van der Waals surface area contributed by atoms with Crippen LogP contribution in [0.5, 0.6) is 11.5 Å². The summed E-state index contributed by atoms with van der Waals surface area (Å²) in [5.41, 5.74) is 2.44. The Morgan fingerprint density at radius 1 is 1.52 bits per heavy atom. The van der Waals surface area contributed by atoms with Gasteiger partial charge in [-0.1, -0.05) is 0 Å². The molecule has 0 aliphatic heterocycles. The molecule has 0 bridgehead atoms. The molecule has 21 heavy (non-hydrogen) atoms. The number of carboxylic acid groups (broad SMARTS) is 1. The molecule has 0 amide bonds. The number of aliphatic carboxylic acids is 1. The van der Waals surface area contributed by atoms with E-state index in [1.54, 1.807) is 23.8 Å². The monoisotopic (exact) mass is 369 g/mol. The Kier molecular flexibility index (Phi) is 5.35. The molecular formula is C14H12BrNO4S. The van der Waals surface area contributed by atoms with Gasteiger partial charge in [-0.25, -0.2) is 4.79 Å². The predicted molar refractivity (Wildman–Crippen MR) is 83.8 cm³/mol. The number of nitrogens with zero attached hydrogens (tertiary/aromatic N) is 1. The van der Waals surface area contributed by atoms with Crippen LogP contribution in [-0.2, 0) is 11.4 Å². The van der Waals surface area contributed by atoms with Crippen LogP contribution in [0.3, 0.4) is 0 Å². The fourth-order valence-electron chi connectivity index (χ4n) is 1.60. The van der Waals surface area contributed by atoms with Crippen molar-refractivity contribution in [3.8, 4) is 11.5 Å². The third kappa shape index (κ3) is 4.30. The van der Waals surface area contributed by atoms with E-state index in [0.29, 0.717) is 28.1 Å². The van der Waals surface area contributed by atoms with Crippen molar-refractivity contribution in [3.05, 3.63) is 44.8 Å². The van der Waals surface area contributed by atoms with Crippen LogP contribution in [0.15, 0.2) is 34.4 Å². The van der Waals surface area contributed by atoms with Gasteiger partial charge in [0.25, 0.3) is 0 Å². The Morgan fingerprint density at radius 3 is 2.95 bits per heavy atom. The van der Waals surface area contributed by atoms with E-state index in [-0.39, 0.29) is 0 Å². The highest BCUT2D eigenvalue weighted by molar-refractivity contribution is 9.10. The molecule has 0 atom stereocenters. The number of hydrogen-bond donors (Lipinski definition) is 1. The Balaban J connectivity index is 2.22. The molecule has 0 saturated carbocycles. The average Bonchev–Trinajstić information content (AvgIpc) is 2.96. The van der Waals surface area contributed by atoms with Crippen LogP contribution in [0.25, 0.3) is 6.08 Å². The molecule has 1 aromatic heterocycles. The molecule has 0 aliphatic carbocycles. The summed E-state index contributed by atoms with van der Waals surface area (Å²) >= 11 is 4.92. The van der Waals surface area contributed by atoms with Crippen molar-refractivity contribution in [1.82, 2.24) is 4.98 Å². The Labute approximate surface area is 134 Å². The minimum atomic E-state index is -1.00. The van der Waals surface area contributed by atoms with Crippen molar-refractivity contribution in [2.24, 2.45) is 0 Å². The first-order valence-corrected chi connectivity index (χ1v) is 7.56. The second-order valence-corrected chi connectivity index (χ2v) is 5.79. The van der Waals surface area contributed by atoms with Gasteiger partial charge in [0.1, 0.15) is 6.61 Å². The average molecular weight is 370 g/mol. The zero-order chi connectivity index (χ0) is 15.2. The summed E-state index contributed by atoms with van der Waals surface area (Å²) in [6.45, 7) is 0.393. The minimum Gasteiger partial charge on any atom is -0.493 e. The SMILES string of the molecule is COc1cc(/C=C/C(=O)O)cc(Br)c1OCc1cncs1. The molecule has 2 aromatic rings. The lowest BCUT2D eigenvalue weighted by Gasteiger charge is -2.12. The fourth-order valence-corrected chi connectivity index (χ4v) is 2.68. The first kappa shape index (κ1) is 15.5. The van der Waals surface area contributed by atoms with E-state index in [9.17, 15) is 4.79 Å². The quantitative estimate of drug-likeness (QED) is 0.787. The van der Waals surface area contributed by atoms with Crippen LogP contribution in [0, 0.1) is 0 Å². The predicted octanol–water partition coefficient (Wildman–Crippen LogP) is 3.59. The van der Waals surface area contributed by atoms with Gasteiger partial charge in [-0.3, -0.25) is 4.98 Å². The maximum absolute atomic E-state index is 10.6. The normalized spacial score (nSPS) is 10.8. The van der Waals surface area contributed by atoms with Gasteiger partial charge in [0.15, 0.2) is 11.5 Å². The van der Waals surface area contributed by atoms with E-state index >= 15 is 0 Å². The third-order valence-electron chi connectivity index (χ3n) is 2.51. The number of thiazole rings is 1. The first-order valence-electron chi connectivity index (χ1n) is 5.89. The molecule has 0 radical (unpaired) electrons. The lowest BCUT2D eigenvalue weighted by Crippen LogP contribution is -1.98. The van der Waals surface area contributed by atoms with E-state index in [2.05, 4.69) is 20.9 Å². The summed E-state index contributed by atoms with van der Waals surface area (Å²) in [5, 5.41) is 8.66. The molecule has 1 aromatic carbocycles. The third-order valence-corrected chi connectivity index (χ3v) is 3.85. The second-order valence-electron chi connectivity index (χ2n) is 3.96. The van der Waals surface area contributed by atoms with Gasteiger partial charge < -0.3 is 14.6 Å². The summed E-state index contributed by atoms with van der Waals surface area (Å²) in [6.07, 6.45) is 4.30. The zero-order valence-corrected chi connectivity index (χ0v) is 13.5. The minimum absolute atomic E-state index is 0.393. The highest BCUT2D eigenvalue weighted by Gasteiger charge is 2.11. The number of carboxylic acids is 1. The van der Waals surface area contributed by atoms with Gasteiger partial charge in [0.2, 0.25) is 0 Å². The molecule has 0 unspecified atom stereocenters. The highest BCUT2D eigenvalue weighted by atomic mass is 79.9. The standard InChI is InChI=1S/C14H12BrNO4S/c1-19-12-5-9(2-3-13(17)18)4-11(15)14(12)20-7-10-6-16-8-21-10/h2-6,8H,7H2,1H3,(H,17,18)/b3-2+. The fraction of sp³-hybridized carbons (Fsp3) is 0.143. The van der Waals surface area contributed by atoms with E-state index in [4.69, 9.17) is 14.6 Å². The van der Waals surface area contributed by atoms with Gasteiger partial charge in [0, 0.05) is 12.3 Å². The van der Waals surface area contributed by atoms with Crippen molar-refractivity contribution >= 4 is 39.3 Å². The number of aromatic nitrogens is 1. The van der Waals surface area contributed by atoms with Crippen LogP contribution >= 0.6 is 27.3 Å². The van der Waals surface area contributed by atoms with E-state index < -0.39 is 5.97 Å². The number of carbonyl (C=O) groups is 1. The van der Waals surface area contributed by atoms with Gasteiger partial charge in [-0.05, 0) is 39.7 Å². The molecule has 0 fully saturated rings. The van der Waals surface area contributed by atoms with E-state index in [1.807, 2.05) is 0 Å². The molecule has 110 valence electrons. The van der Waals surface area contributed by atoms with Crippen LogP contribution < -0.4 is 9.47 Å². The summed E-state index contributed by atoms with van der Waals surface area (Å²) in [7, 11) is 1.53. The first-order chi connectivity index (χ1) is 10.1. The summed E-state index contributed by atoms with van der Waals surface area (Å²) < 4.78 is 11.7. The summed E-state index contributed by atoms with van der Waals surface area (Å²) in [5.74, 6) is 0.0907. The number of methoxy groups -OCH3 is 1. The molecule has 0 spiro atoms. The van der Waals surface area contributed by atoms with Crippen molar-refractivity contribution in [1.29, 1.82) is 0 Å². The lowest BCUT2D eigenvalue weighted by atomic mass is 10.2. The molecule has 0 saturated heterocycles. The molecule has 0 aliphatic rings. The highest BCUT2D eigenvalue weighted by Crippen LogP contribution is 2.37. The smallest absolute Gasteiger partial charge is 0.328 e. The molecule has 5 nitrogen and oxygen atoms in total.